The molecule has 120 valence electrons. The van der Waals surface area contributed by atoms with Crippen molar-refractivity contribution in [1.82, 2.24) is 4.90 Å². The Kier molecular flexibility index (Phi) is 4.45. The van der Waals surface area contributed by atoms with Crippen LogP contribution in [0.1, 0.15) is 52.9 Å². The Balaban J connectivity index is 1.49. The van der Waals surface area contributed by atoms with Gasteiger partial charge in [0.2, 0.25) is 0 Å². The van der Waals surface area contributed by atoms with Gasteiger partial charge in [0, 0.05) is 32.5 Å². The molecule has 2 heterocycles. The summed E-state index contributed by atoms with van der Waals surface area (Å²) in [6, 6.07) is 0. The first-order chi connectivity index (χ1) is 9.97. The van der Waals surface area contributed by atoms with Crippen LogP contribution in [0.25, 0.3) is 0 Å². The van der Waals surface area contributed by atoms with Crippen LogP contribution in [0.3, 0.4) is 0 Å². The van der Waals surface area contributed by atoms with E-state index in [4.69, 9.17) is 9.47 Å². The van der Waals surface area contributed by atoms with Gasteiger partial charge in [0.15, 0.2) is 5.79 Å². The van der Waals surface area contributed by atoms with Crippen LogP contribution in [0.15, 0.2) is 12.2 Å². The molecule has 0 radical (unpaired) electrons. The van der Waals surface area contributed by atoms with Gasteiger partial charge in [-0.05, 0) is 30.6 Å². The molecule has 3 rings (SSSR count). The van der Waals surface area contributed by atoms with E-state index in [-0.39, 0.29) is 11.9 Å². The second kappa shape index (κ2) is 6.02. The maximum absolute atomic E-state index is 6.37. The molecule has 3 heteroatoms. The van der Waals surface area contributed by atoms with Gasteiger partial charge in [-0.15, -0.1) is 0 Å². The van der Waals surface area contributed by atoms with E-state index in [1.165, 1.54) is 19.3 Å². The third kappa shape index (κ3) is 3.69. The van der Waals surface area contributed by atoms with E-state index in [0.717, 1.165) is 45.0 Å². The molecule has 1 saturated carbocycles. The van der Waals surface area contributed by atoms with E-state index in [1.807, 2.05) is 0 Å². The molecule has 0 aromatic rings. The summed E-state index contributed by atoms with van der Waals surface area (Å²) in [5.41, 5.74) is 0.416. The third-order valence-corrected chi connectivity index (χ3v) is 5.49. The SMILES string of the molecule is CC(C)(C)C1CCC2(CC1)OCC(CN1CC=CCC1)O2. The molecule has 0 bridgehead atoms. The smallest absolute Gasteiger partial charge is 0.168 e. The van der Waals surface area contributed by atoms with Crippen LogP contribution >= 0.6 is 0 Å². The lowest BCUT2D eigenvalue weighted by atomic mass is 9.71. The van der Waals surface area contributed by atoms with Gasteiger partial charge < -0.3 is 9.47 Å². The average Bonchev–Trinajstić information content (AvgIpc) is 2.82. The number of nitrogens with zero attached hydrogens (tertiary/aromatic N) is 1. The molecule has 1 unspecified atom stereocenters. The standard InChI is InChI=1S/C18H31NO2/c1-17(2,3)15-7-9-18(10-8-15)20-14-16(21-18)13-19-11-5-4-6-12-19/h4-5,15-16H,6-14H2,1-3H3. The van der Waals surface area contributed by atoms with Crippen LogP contribution < -0.4 is 0 Å². The van der Waals surface area contributed by atoms with Crippen LogP contribution in [0.5, 0.6) is 0 Å². The highest BCUT2D eigenvalue weighted by molar-refractivity contribution is 4.93. The largest absolute Gasteiger partial charge is 0.347 e. The number of hydrogen-bond donors (Lipinski definition) is 0. The van der Waals surface area contributed by atoms with Gasteiger partial charge in [-0.25, -0.2) is 0 Å². The first-order valence-electron chi connectivity index (χ1n) is 8.66. The number of rotatable bonds is 2. The zero-order valence-electron chi connectivity index (χ0n) is 13.9. The minimum Gasteiger partial charge on any atom is -0.347 e. The van der Waals surface area contributed by atoms with Gasteiger partial charge in [-0.1, -0.05) is 32.9 Å². The summed E-state index contributed by atoms with van der Waals surface area (Å²) < 4.78 is 12.5. The van der Waals surface area contributed by atoms with Gasteiger partial charge in [0.25, 0.3) is 0 Å². The van der Waals surface area contributed by atoms with Crippen molar-refractivity contribution >= 4 is 0 Å². The van der Waals surface area contributed by atoms with E-state index < -0.39 is 0 Å². The van der Waals surface area contributed by atoms with Gasteiger partial charge in [0.1, 0.15) is 0 Å². The van der Waals surface area contributed by atoms with Crippen molar-refractivity contribution in [3.05, 3.63) is 12.2 Å². The van der Waals surface area contributed by atoms with Gasteiger partial charge in [0.05, 0.1) is 12.7 Å². The molecule has 21 heavy (non-hydrogen) atoms. The lowest BCUT2D eigenvalue weighted by Crippen LogP contribution is -2.40. The summed E-state index contributed by atoms with van der Waals surface area (Å²) >= 11 is 0. The Morgan fingerprint density at radius 1 is 1.19 bits per heavy atom. The number of ether oxygens (including phenoxy) is 2. The van der Waals surface area contributed by atoms with E-state index in [2.05, 4.69) is 37.8 Å². The second-order valence-corrected chi connectivity index (χ2v) is 8.12. The second-order valence-electron chi connectivity index (χ2n) is 8.12. The van der Waals surface area contributed by atoms with Crippen LogP contribution in [0.4, 0.5) is 0 Å². The summed E-state index contributed by atoms with van der Waals surface area (Å²) in [7, 11) is 0. The highest BCUT2D eigenvalue weighted by Gasteiger charge is 2.46. The van der Waals surface area contributed by atoms with Crippen molar-refractivity contribution in [2.75, 3.05) is 26.2 Å². The molecule has 0 aromatic carbocycles. The Labute approximate surface area is 129 Å². The molecule has 3 aliphatic rings. The Hall–Kier alpha value is -0.380. The van der Waals surface area contributed by atoms with Crippen molar-refractivity contribution in [3.8, 4) is 0 Å². The molecule has 0 N–H and O–H groups in total. The van der Waals surface area contributed by atoms with Crippen LogP contribution in [0.2, 0.25) is 0 Å². The first kappa shape index (κ1) is 15.5. The maximum Gasteiger partial charge on any atom is 0.168 e. The molecule has 3 nitrogen and oxygen atoms in total. The lowest BCUT2D eigenvalue weighted by molar-refractivity contribution is -0.197. The van der Waals surface area contributed by atoms with Crippen LogP contribution in [-0.2, 0) is 9.47 Å². The topological polar surface area (TPSA) is 21.7 Å². The molecule has 2 fully saturated rings. The normalized spacial score (nSPS) is 38.2. The quantitative estimate of drug-likeness (QED) is 0.726. The molecule has 0 aromatic heterocycles. The molecule has 2 aliphatic heterocycles. The lowest BCUT2D eigenvalue weighted by Gasteiger charge is -2.41. The van der Waals surface area contributed by atoms with Crippen molar-refractivity contribution < 1.29 is 9.47 Å². The van der Waals surface area contributed by atoms with E-state index >= 15 is 0 Å². The average molecular weight is 293 g/mol. The van der Waals surface area contributed by atoms with Gasteiger partial charge in [-0.3, -0.25) is 4.90 Å². The van der Waals surface area contributed by atoms with Gasteiger partial charge >= 0.3 is 0 Å². The van der Waals surface area contributed by atoms with Crippen LogP contribution in [0, 0.1) is 11.3 Å². The third-order valence-electron chi connectivity index (χ3n) is 5.49. The highest BCUT2D eigenvalue weighted by atomic mass is 16.7. The summed E-state index contributed by atoms with van der Waals surface area (Å²) in [6.07, 6.45) is 10.6. The maximum atomic E-state index is 6.37. The van der Waals surface area contributed by atoms with Gasteiger partial charge in [-0.2, -0.15) is 0 Å². The first-order valence-corrected chi connectivity index (χ1v) is 8.66. The fourth-order valence-corrected chi connectivity index (χ4v) is 4.04. The molecule has 1 aliphatic carbocycles. The summed E-state index contributed by atoms with van der Waals surface area (Å²) in [6.45, 7) is 11.1. The Morgan fingerprint density at radius 3 is 2.57 bits per heavy atom. The summed E-state index contributed by atoms with van der Waals surface area (Å²) in [5.74, 6) is 0.555. The minimum atomic E-state index is -0.252. The minimum absolute atomic E-state index is 0.252. The Morgan fingerprint density at radius 2 is 1.95 bits per heavy atom. The molecule has 1 atom stereocenters. The zero-order chi connectivity index (χ0) is 14.9. The fraction of sp³-hybridized carbons (Fsp3) is 0.889. The fourth-order valence-electron chi connectivity index (χ4n) is 4.04. The highest BCUT2D eigenvalue weighted by Crippen LogP contribution is 2.45. The molecular formula is C18H31NO2. The van der Waals surface area contributed by atoms with E-state index in [0.29, 0.717) is 5.41 Å². The predicted molar refractivity (Wildman–Crippen MR) is 85.2 cm³/mol. The Bertz CT molecular complexity index is 377. The van der Waals surface area contributed by atoms with Crippen molar-refractivity contribution in [3.63, 3.8) is 0 Å². The monoisotopic (exact) mass is 293 g/mol. The number of hydrogen-bond acceptors (Lipinski definition) is 3. The molecule has 1 spiro atoms. The predicted octanol–water partition coefficient (Wildman–Crippen LogP) is 3.60. The van der Waals surface area contributed by atoms with E-state index in [9.17, 15) is 0 Å². The molecule has 0 amide bonds. The zero-order valence-corrected chi connectivity index (χ0v) is 13.9. The van der Waals surface area contributed by atoms with E-state index in [1.54, 1.807) is 0 Å². The van der Waals surface area contributed by atoms with Crippen LogP contribution in [-0.4, -0.2) is 43.0 Å². The molecular weight excluding hydrogens is 262 g/mol. The summed E-state index contributed by atoms with van der Waals surface area (Å²) in [5, 5.41) is 0. The van der Waals surface area contributed by atoms with Crippen molar-refractivity contribution in [1.29, 1.82) is 0 Å². The molecule has 1 saturated heterocycles. The summed E-state index contributed by atoms with van der Waals surface area (Å²) in [4.78, 5) is 2.48. The van der Waals surface area contributed by atoms with Crippen molar-refractivity contribution in [2.45, 2.75) is 64.8 Å². The van der Waals surface area contributed by atoms with Crippen molar-refractivity contribution in [2.24, 2.45) is 11.3 Å².